The molecular formula is C29H24N4O4. The zero-order valence-corrected chi connectivity index (χ0v) is 20.2. The Balaban J connectivity index is 1.42. The largest absolute Gasteiger partial charge is 0.478 e. The standard InChI is InChI=1S/C29H24N4O4/c1-16-24(30-17(2)25(16)29(36)37)15-22-21-12-7-13-23(26(21)33-28(22)35)31-19-10-6-11-20(14-19)32-27(34)18-8-4-3-5-9-18/h3-15,30-31H,1-2H3,(H,32,34)(H,33,35)(H,36,37)/b22-15-. The lowest BCUT2D eigenvalue weighted by molar-refractivity contribution is -0.110. The third-order valence-electron chi connectivity index (χ3n) is 6.25. The van der Waals surface area contributed by atoms with E-state index in [4.69, 9.17) is 0 Å². The molecule has 2 heterocycles. The van der Waals surface area contributed by atoms with Gasteiger partial charge in [-0.2, -0.15) is 0 Å². The lowest BCUT2D eigenvalue weighted by Crippen LogP contribution is -2.11. The van der Waals surface area contributed by atoms with Gasteiger partial charge in [0.1, 0.15) is 0 Å². The van der Waals surface area contributed by atoms with Crippen LogP contribution < -0.4 is 16.0 Å². The molecule has 4 aromatic rings. The quantitative estimate of drug-likeness (QED) is 0.217. The summed E-state index contributed by atoms with van der Waals surface area (Å²) in [5, 5.41) is 18.6. The van der Waals surface area contributed by atoms with Crippen LogP contribution in [0.25, 0.3) is 11.6 Å². The maximum Gasteiger partial charge on any atom is 0.337 e. The summed E-state index contributed by atoms with van der Waals surface area (Å²) < 4.78 is 0. The Labute approximate surface area is 213 Å². The summed E-state index contributed by atoms with van der Waals surface area (Å²) >= 11 is 0. The molecule has 3 aromatic carbocycles. The second kappa shape index (κ2) is 9.50. The van der Waals surface area contributed by atoms with Crippen LogP contribution in [0.2, 0.25) is 0 Å². The van der Waals surface area contributed by atoms with Gasteiger partial charge in [0.15, 0.2) is 0 Å². The van der Waals surface area contributed by atoms with Gasteiger partial charge in [-0.3, -0.25) is 9.59 Å². The minimum Gasteiger partial charge on any atom is -0.478 e. The molecular weight excluding hydrogens is 468 g/mol. The van der Waals surface area contributed by atoms with E-state index < -0.39 is 5.97 Å². The van der Waals surface area contributed by atoms with Gasteiger partial charge in [-0.25, -0.2) is 4.79 Å². The number of hydrogen-bond donors (Lipinski definition) is 5. The molecule has 37 heavy (non-hydrogen) atoms. The first-order valence-electron chi connectivity index (χ1n) is 11.6. The molecule has 8 nitrogen and oxygen atoms in total. The number of aromatic nitrogens is 1. The van der Waals surface area contributed by atoms with Crippen LogP contribution >= 0.6 is 0 Å². The number of nitrogens with one attached hydrogen (secondary N) is 4. The highest BCUT2D eigenvalue weighted by atomic mass is 16.4. The fourth-order valence-corrected chi connectivity index (χ4v) is 4.47. The maximum atomic E-state index is 12.9. The molecule has 8 heteroatoms. The van der Waals surface area contributed by atoms with Crippen molar-refractivity contribution in [1.82, 2.24) is 4.98 Å². The van der Waals surface area contributed by atoms with Crippen molar-refractivity contribution in [3.63, 3.8) is 0 Å². The van der Waals surface area contributed by atoms with Gasteiger partial charge in [-0.15, -0.1) is 0 Å². The van der Waals surface area contributed by atoms with Crippen molar-refractivity contribution in [2.24, 2.45) is 0 Å². The van der Waals surface area contributed by atoms with Crippen molar-refractivity contribution in [3.05, 3.63) is 106 Å². The smallest absolute Gasteiger partial charge is 0.337 e. The van der Waals surface area contributed by atoms with Crippen molar-refractivity contribution in [3.8, 4) is 0 Å². The summed E-state index contributed by atoms with van der Waals surface area (Å²) in [4.78, 5) is 40.1. The van der Waals surface area contributed by atoms with E-state index in [1.54, 1.807) is 38.1 Å². The first-order valence-corrected chi connectivity index (χ1v) is 11.6. The van der Waals surface area contributed by atoms with Gasteiger partial charge in [0.2, 0.25) is 0 Å². The third-order valence-corrected chi connectivity index (χ3v) is 6.25. The Morgan fingerprint density at radius 3 is 2.38 bits per heavy atom. The second-order valence-electron chi connectivity index (χ2n) is 8.74. The molecule has 0 radical (unpaired) electrons. The van der Waals surface area contributed by atoms with Gasteiger partial charge in [0, 0.05) is 33.9 Å². The van der Waals surface area contributed by atoms with E-state index in [1.165, 1.54) is 0 Å². The van der Waals surface area contributed by atoms with Crippen LogP contribution in [-0.4, -0.2) is 27.9 Å². The Morgan fingerprint density at radius 1 is 0.919 bits per heavy atom. The van der Waals surface area contributed by atoms with Crippen molar-refractivity contribution in [2.45, 2.75) is 13.8 Å². The molecule has 0 bridgehead atoms. The van der Waals surface area contributed by atoms with E-state index in [0.29, 0.717) is 50.7 Å². The molecule has 0 spiro atoms. The topological polar surface area (TPSA) is 123 Å². The maximum absolute atomic E-state index is 12.9. The van der Waals surface area contributed by atoms with E-state index in [9.17, 15) is 19.5 Å². The molecule has 2 amide bonds. The minimum atomic E-state index is -1.01. The number of aromatic amines is 1. The number of fused-ring (bicyclic) bond motifs is 1. The fraction of sp³-hybridized carbons (Fsp3) is 0.0690. The van der Waals surface area contributed by atoms with Crippen molar-refractivity contribution < 1.29 is 19.5 Å². The molecule has 0 aliphatic carbocycles. The average molecular weight is 493 g/mol. The molecule has 1 aliphatic heterocycles. The predicted molar refractivity (Wildman–Crippen MR) is 144 cm³/mol. The summed E-state index contributed by atoms with van der Waals surface area (Å²) in [5.41, 5.74) is 6.25. The highest BCUT2D eigenvalue weighted by molar-refractivity contribution is 6.36. The molecule has 0 saturated heterocycles. The number of para-hydroxylation sites is 1. The highest BCUT2D eigenvalue weighted by Gasteiger charge is 2.27. The van der Waals surface area contributed by atoms with E-state index >= 15 is 0 Å². The number of carboxylic acid groups (broad SMARTS) is 1. The van der Waals surface area contributed by atoms with Gasteiger partial charge in [-0.05, 0) is 61.9 Å². The van der Waals surface area contributed by atoms with Crippen LogP contribution in [0.1, 0.15) is 43.2 Å². The summed E-state index contributed by atoms with van der Waals surface area (Å²) in [6.45, 7) is 3.41. The van der Waals surface area contributed by atoms with Gasteiger partial charge < -0.3 is 26.0 Å². The Bertz CT molecular complexity index is 1580. The average Bonchev–Trinajstić information content (AvgIpc) is 3.35. The zero-order chi connectivity index (χ0) is 26.1. The van der Waals surface area contributed by atoms with Crippen LogP contribution in [0.4, 0.5) is 22.7 Å². The molecule has 184 valence electrons. The number of hydrogen-bond acceptors (Lipinski definition) is 4. The second-order valence-corrected chi connectivity index (χ2v) is 8.74. The minimum absolute atomic E-state index is 0.207. The Hall–Kier alpha value is -5.11. The van der Waals surface area contributed by atoms with Crippen LogP contribution in [0.15, 0.2) is 72.8 Å². The van der Waals surface area contributed by atoms with Crippen molar-refractivity contribution in [1.29, 1.82) is 0 Å². The number of H-pyrrole nitrogens is 1. The fourth-order valence-electron chi connectivity index (χ4n) is 4.47. The first kappa shape index (κ1) is 23.6. The Morgan fingerprint density at radius 2 is 1.65 bits per heavy atom. The number of aromatic carboxylic acids is 1. The lowest BCUT2D eigenvalue weighted by atomic mass is 10.0. The summed E-state index contributed by atoms with van der Waals surface area (Å²) in [6, 6.07) is 21.8. The van der Waals surface area contributed by atoms with Gasteiger partial charge >= 0.3 is 5.97 Å². The highest BCUT2D eigenvalue weighted by Crippen LogP contribution is 2.40. The normalized spacial score (nSPS) is 13.2. The van der Waals surface area contributed by atoms with Crippen LogP contribution in [0.5, 0.6) is 0 Å². The van der Waals surface area contributed by atoms with Crippen molar-refractivity contribution in [2.75, 3.05) is 16.0 Å². The molecule has 1 aromatic heterocycles. The number of amides is 2. The molecule has 5 rings (SSSR count). The molecule has 0 atom stereocenters. The van der Waals surface area contributed by atoms with Gasteiger partial charge in [-0.1, -0.05) is 36.4 Å². The molecule has 0 fully saturated rings. The van der Waals surface area contributed by atoms with Crippen molar-refractivity contribution >= 4 is 52.2 Å². The van der Waals surface area contributed by atoms with E-state index in [1.807, 2.05) is 54.6 Å². The van der Waals surface area contributed by atoms with Gasteiger partial charge in [0.25, 0.3) is 11.8 Å². The van der Waals surface area contributed by atoms with E-state index in [2.05, 4.69) is 20.9 Å². The number of carbonyl (C=O) groups excluding carboxylic acids is 2. The number of rotatable bonds is 6. The first-order chi connectivity index (χ1) is 17.8. The molecule has 5 N–H and O–H groups in total. The summed E-state index contributed by atoms with van der Waals surface area (Å²) in [7, 11) is 0. The third kappa shape index (κ3) is 4.60. The van der Waals surface area contributed by atoms with Gasteiger partial charge in [0.05, 0.1) is 22.5 Å². The molecule has 0 unspecified atom stereocenters. The number of carbonyl (C=O) groups is 3. The van der Waals surface area contributed by atoms with E-state index in [-0.39, 0.29) is 17.4 Å². The molecule has 0 saturated carbocycles. The van der Waals surface area contributed by atoms with Crippen LogP contribution in [0.3, 0.4) is 0 Å². The Kier molecular flexibility index (Phi) is 6.07. The number of aryl methyl sites for hydroxylation is 1. The molecule has 1 aliphatic rings. The number of anilines is 4. The lowest BCUT2D eigenvalue weighted by Gasteiger charge is -2.12. The summed E-state index contributed by atoms with van der Waals surface area (Å²) in [6.07, 6.45) is 1.68. The number of carboxylic acids is 1. The summed E-state index contributed by atoms with van der Waals surface area (Å²) in [5.74, 6) is -1.50. The number of benzene rings is 3. The van der Waals surface area contributed by atoms with E-state index in [0.717, 1.165) is 5.69 Å². The monoisotopic (exact) mass is 492 g/mol. The zero-order valence-electron chi connectivity index (χ0n) is 20.2. The van der Waals surface area contributed by atoms with Crippen LogP contribution in [-0.2, 0) is 4.79 Å². The SMILES string of the molecule is Cc1[nH]c(/C=C2\C(=O)Nc3c(Nc4cccc(NC(=O)c5ccccc5)c4)cccc32)c(C)c1C(=O)O. The predicted octanol–water partition coefficient (Wildman–Crippen LogP) is 5.82. The van der Waals surface area contributed by atoms with Crippen LogP contribution in [0, 0.1) is 13.8 Å².